The molecule has 1 atom stereocenters. The second kappa shape index (κ2) is 9.62. The number of hydrogen-bond donors (Lipinski definition) is 1. The van der Waals surface area contributed by atoms with Crippen molar-refractivity contribution in [3.05, 3.63) is 53.6 Å². The number of benzene rings is 2. The molecule has 0 spiro atoms. The number of carbonyl (C=O) groups is 1. The lowest BCUT2D eigenvalue weighted by Gasteiger charge is -2.24. The van der Waals surface area contributed by atoms with Gasteiger partial charge in [0.2, 0.25) is 5.91 Å². The van der Waals surface area contributed by atoms with Crippen LogP contribution < -0.4 is 15.2 Å². The van der Waals surface area contributed by atoms with Crippen LogP contribution in [0.15, 0.2) is 48.5 Å². The quantitative estimate of drug-likeness (QED) is 0.697. The summed E-state index contributed by atoms with van der Waals surface area (Å²) in [7, 11) is 0. The minimum atomic E-state index is -0.233. The lowest BCUT2D eigenvalue weighted by molar-refractivity contribution is -0.118. The highest BCUT2D eigenvalue weighted by Gasteiger charge is 2.24. The number of primary amides is 1. The summed E-state index contributed by atoms with van der Waals surface area (Å²) in [6, 6.07) is 15.3. The highest BCUT2D eigenvalue weighted by molar-refractivity contribution is 6.30. The van der Waals surface area contributed by atoms with E-state index in [1.54, 1.807) is 12.1 Å². The third-order valence-electron chi connectivity index (χ3n) is 4.68. The SMILES string of the molecule is NC(=O)CCCN1CCC[C@H]1COc1ccc(Oc2ccc(Cl)cc2)cc1. The molecule has 1 fully saturated rings. The van der Waals surface area contributed by atoms with Crippen LogP contribution >= 0.6 is 11.6 Å². The summed E-state index contributed by atoms with van der Waals surface area (Å²) >= 11 is 5.88. The molecular formula is C21H25ClN2O3. The van der Waals surface area contributed by atoms with Crippen LogP contribution in [0.2, 0.25) is 5.02 Å². The molecule has 144 valence electrons. The second-order valence-corrected chi connectivity index (χ2v) is 7.18. The van der Waals surface area contributed by atoms with Crippen LogP contribution in [0.4, 0.5) is 0 Å². The lowest BCUT2D eigenvalue weighted by atomic mass is 10.2. The number of amides is 1. The number of nitrogens with zero attached hydrogens (tertiary/aromatic N) is 1. The topological polar surface area (TPSA) is 64.8 Å². The first-order valence-corrected chi connectivity index (χ1v) is 9.66. The monoisotopic (exact) mass is 388 g/mol. The molecule has 1 aliphatic heterocycles. The zero-order chi connectivity index (χ0) is 19.1. The van der Waals surface area contributed by atoms with Crippen LogP contribution in [0.3, 0.4) is 0 Å². The van der Waals surface area contributed by atoms with Gasteiger partial charge in [0.05, 0.1) is 0 Å². The standard InChI is InChI=1S/C21H25ClN2O3/c22-16-5-7-19(8-6-16)27-20-11-9-18(10-12-20)26-15-17-3-1-13-24(17)14-2-4-21(23)25/h5-12,17H,1-4,13-15H2,(H2,23,25)/t17-/m0/s1. The van der Waals surface area contributed by atoms with Gasteiger partial charge in [-0.05, 0) is 80.9 Å². The van der Waals surface area contributed by atoms with Crippen molar-refractivity contribution in [1.82, 2.24) is 4.90 Å². The number of likely N-dealkylation sites (tertiary alicyclic amines) is 1. The van der Waals surface area contributed by atoms with Crippen LogP contribution in [-0.4, -0.2) is 36.5 Å². The van der Waals surface area contributed by atoms with Crippen molar-refractivity contribution in [3.8, 4) is 17.2 Å². The van der Waals surface area contributed by atoms with Gasteiger partial charge in [0.15, 0.2) is 0 Å². The molecule has 0 aliphatic carbocycles. The van der Waals surface area contributed by atoms with Crippen molar-refractivity contribution in [1.29, 1.82) is 0 Å². The minimum absolute atomic E-state index is 0.233. The van der Waals surface area contributed by atoms with E-state index in [1.165, 1.54) is 6.42 Å². The van der Waals surface area contributed by atoms with Crippen LogP contribution in [0.1, 0.15) is 25.7 Å². The average molecular weight is 389 g/mol. The van der Waals surface area contributed by atoms with E-state index in [2.05, 4.69) is 4.90 Å². The fraction of sp³-hybridized carbons (Fsp3) is 0.381. The summed E-state index contributed by atoms with van der Waals surface area (Å²) in [4.78, 5) is 13.3. The number of halogens is 1. The molecule has 0 unspecified atom stereocenters. The predicted octanol–water partition coefficient (Wildman–Crippen LogP) is 4.24. The molecular weight excluding hydrogens is 364 g/mol. The molecule has 3 rings (SSSR count). The zero-order valence-corrected chi connectivity index (χ0v) is 16.0. The fourth-order valence-electron chi connectivity index (χ4n) is 3.27. The van der Waals surface area contributed by atoms with Crippen molar-refractivity contribution >= 4 is 17.5 Å². The first kappa shape index (κ1) is 19.5. The van der Waals surface area contributed by atoms with E-state index in [0.717, 1.165) is 43.2 Å². The Bertz CT molecular complexity index is 734. The molecule has 2 N–H and O–H groups in total. The van der Waals surface area contributed by atoms with Crippen LogP contribution in [0, 0.1) is 0 Å². The van der Waals surface area contributed by atoms with Gasteiger partial charge in [0, 0.05) is 17.5 Å². The van der Waals surface area contributed by atoms with Gasteiger partial charge in [-0.15, -0.1) is 0 Å². The van der Waals surface area contributed by atoms with Gasteiger partial charge in [-0.1, -0.05) is 11.6 Å². The molecule has 0 saturated carbocycles. The van der Waals surface area contributed by atoms with Crippen molar-refractivity contribution in [2.24, 2.45) is 5.73 Å². The Morgan fingerprint density at radius 2 is 1.70 bits per heavy atom. The van der Waals surface area contributed by atoms with E-state index >= 15 is 0 Å². The van der Waals surface area contributed by atoms with E-state index in [-0.39, 0.29) is 5.91 Å². The van der Waals surface area contributed by atoms with Crippen molar-refractivity contribution in [3.63, 3.8) is 0 Å². The van der Waals surface area contributed by atoms with Gasteiger partial charge >= 0.3 is 0 Å². The molecule has 1 amide bonds. The van der Waals surface area contributed by atoms with Gasteiger partial charge in [0.1, 0.15) is 23.9 Å². The van der Waals surface area contributed by atoms with Gasteiger partial charge in [-0.2, -0.15) is 0 Å². The highest BCUT2D eigenvalue weighted by Crippen LogP contribution is 2.26. The van der Waals surface area contributed by atoms with Crippen molar-refractivity contribution in [2.75, 3.05) is 19.7 Å². The maximum absolute atomic E-state index is 10.9. The van der Waals surface area contributed by atoms with E-state index in [4.69, 9.17) is 26.8 Å². The summed E-state index contributed by atoms with van der Waals surface area (Å²) in [5.74, 6) is 2.08. The van der Waals surface area contributed by atoms with E-state index in [0.29, 0.717) is 24.1 Å². The molecule has 27 heavy (non-hydrogen) atoms. The van der Waals surface area contributed by atoms with Crippen LogP contribution in [0.5, 0.6) is 17.2 Å². The maximum Gasteiger partial charge on any atom is 0.217 e. The fourth-order valence-corrected chi connectivity index (χ4v) is 3.40. The lowest BCUT2D eigenvalue weighted by Crippen LogP contribution is -2.35. The average Bonchev–Trinajstić information content (AvgIpc) is 3.10. The zero-order valence-electron chi connectivity index (χ0n) is 15.3. The van der Waals surface area contributed by atoms with Gasteiger partial charge in [-0.25, -0.2) is 0 Å². The molecule has 0 aromatic heterocycles. The summed E-state index contributed by atoms with van der Waals surface area (Å²) in [6.07, 6.45) is 3.54. The third-order valence-corrected chi connectivity index (χ3v) is 4.94. The summed E-state index contributed by atoms with van der Waals surface area (Å²) < 4.78 is 11.7. The molecule has 1 saturated heterocycles. The second-order valence-electron chi connectivity index (χ2n) is 6.74. The first-order chi connectivity index (χ1) is 13.1. The molecule has 2 aromatic carbocycles. The summed E-state index contributed by atoms with van der Waals surface area (Å²) in [6.45, 7) is 2.60. The Morgan fingerprint density at radius 3 is 2.37 bits per heavy atom. The molecule has 0 radical (unpaired) electrons. The first-order valence-electron chi connectivity index (χ1n) is 9.29. The van der Waals surface area contributed by atoms with Crippen LogP contribution in [-0.2, 0) is 4.79 Å². The molecule has 5 nitrogen and oxygen atoms in total. The summed E-state index contributed by atoms with van der Waals surface area (Å²) in [5, 5.41) is 0.682. The molecule has 2 aromatic rings. The maximum atomic E-state index is 10.9. The van der Waals surface area contributed by atoms with Gasteiger partial charge in [-0.3, -0.25) is 9.69 Å². The third kappa shape index (κ3) is 6.15. The minimum Gasteiger partial charge on any atom is -0.492 e. The number of hydrogen-bond acceptors (Lipinski definition) is 4. The number of nitrogens with two attached hydrogens (primary N) is 1. The number of ether oxygens (including phenoxy) is 2. The largest absolute Gasteiger partial charge is 0.492 e. The van der Waals surface area contributed by atoms with E-state index < -0.39 is 0 Å². The number of rotatable bonds is 9. The normalized spacial score (nSPS) is 17.0. The Hall–Kier alpha value is -2.24. The molecule has 6 heteroatoms. The van der Waals surface area contributed by atoms with Gasteiger partial charge < -0.3 is 15.2 Å². The van der Waals surface area contributed by atoms with Crippen LogP contribution in [0.25, 0.3) is 0 Å². The van der Waals surface area contributed by atoms with Crippen molar-refractivity contribution in [2.45, 2.75) is 31.7 Å². The van der Waals surface area contributed by atoms with Crippen molar-refractivity contribution < 1.29 is 14.3 Å². The predicted molar refractivity (Wildman–Crippen MR) is 106 cm³/mol. The number of carbonyl (C=O) groups excluding carboxylic acids is 1. The Labute approximate surface area is 165 Å². The van der Waals surface area contributed by atoms with E-state index in [9.17, 15) is 4.79 Å². The smallest absolute Gasteiger partial charge is 0.217 e. The Balaban J connectivity index is 1.46. The summed E-state index contributed by atoms with van der Waals surface area (Å²) in [5.41, 5.74) is 5.22. The molecule has 1 aliphatic rings. The Morgan fingerprint density at radius 1 is 1.07 bits per heavy atom. The highest BCUT2D eigenvalue weighted by atomic mass is 35.5. The van der Waals surface area contributed by atoms with E-state index in [1.807, 2.05) is 36.4 Å². The Kier molecular flexibility index (Phi) is 6.96. The van der Waals surface area contributed by atoms with Gasteiger partial charge in [0.25, 0.3) is 0 Å². The molecule has 0 bridgehead atoms. The molecule has 1 heterocycles.